The van der Waals surface area contributed by atoms with Gasteiger partial charge in [0.25, 0.3) is 0 Å². The summed E-state index contributed by atoms with van der Waals surface area (Å²) in [5.41, 5.74) is 0.468. The molecule has 3 N–H and O–H groups in total. The van der Waals surface area contributed by atoms with E-state index in [9.17, 15) is 0 Å². The van der Waals surface area contributed by atoms with Crippen molar-refractivity contribution in [1.29, 1.82) is 0 Å². The Labute approximate surface area is 186 Å². The lowest BCUT2D eigenvalue weighted by Gasteiger charge is -2.49. The van der Waals surface area contributed by atoms with Gasteiger partial charge in [0, 0.05) is 94.1 Å². The molecule has 0 aromatic heterocycles. The molecule has 0 aromatic rings. The van der Waals surface area contributed by atoms with Crippen molar-refractivity contribution in [3.8, 4) is 0 Å². The highest BCUT2D eigenvalue weighted by Crippen LogP contribution is 2.28. The Hall–Kier alpha value is -0.240. The van der Waals surface area contributed by atoms with Gasteiger partial charge >= 0.3 is 0 Å². The minimum Gasteiger partial charge on any atom is -0.312 e. The predicted octanol–water partition coefficient (Wildman–Crippen LogP) is 1.57. The molecule has 0 spiro atoms. The third-order valence-corrected chi connectivity index (χ3v) is 7.85. The maximum absolute atomic E-state index is 3.85. The average Bonchev–Trinajstić information content (AvgIpc) is 2.68. The van der Waals surface area contributed by atoms with Crippen LogP contribution in [0.15, 0.2) is 0 Å². The molecule has 3 rings (SSSR count). The molecule has 1 unspecified atom stereocenters. The van der Waals surface area contributed by atoms with Crippen LogP contribution in [0.5, 0.6) is 0 Å². The fourth-order valence-corrected chi connectivity index (χ4v) is 5.92. The summed E-state index contributed by atoms with van der Waals surface area (Å²) in [6.45, 7) is 27.2. The van der Waals surface area contributed by atoms with Crippen LogP contribution in [0.4, 0.5) is 0 Å². The minimum atomic E-state index is 0.228. The molecule has 0 aliphatic carbocycles. The first-order valence-corrected chi connectivity index (χ1v) is 12.5. The molecule has 0 aromatic carbocycles. The fraction of sp³-hybridized carbons (Fsp3) is 1.00. The Morgan fingerprint density at radius 3 is 1.80 bits per heavy atom. The van der Waals surface area contributed by atoms with Crippen molar-refractivity contribution in [2.75, 3.05) is 58.9 Å². The minimum absolute atomic E-state index is 0.228. The van der Waals surface area contributed by atoms with Gasteiger partial charge < -0.3 is 16.0 Å². The summed E-state index contributed by atoms with van der Waals surface area (Å²) in [5.74, 6) is 0. The normalized spacial score (nSPS) is 31.4. The topological polar surface area (TPSA) is 45.8 Å². The van der Waals surface area contributed by atoms with Crippen LogP contribution in [0.3, 0.4) is 0 Å². The maximum atomic E-state index is 3.85. The first-order valence-electron chi connectivity index (χ1n) is 12.5. The second-order valence-corrected chi connectivity index (χ2v) is 11.7. The van der Waals surface area contributed by atoms with Gasteiger partial charge in [-0.3, -0.25) is 14.7 Å². The molecule has 0 radical (unpaired) electrons. The van der Waals surface area contributed by atoms with Gasteiger partial charge in [-0.25, -0.2) is 0 Å². The van der Waals surface area contributed by atoms with Crippen LogP contribution in [0, 0.1) is 0 Å². The zero-order chi connectivity index (χ0) is 21.9. The van der Waals surface area contributed by atoms with Crippen LogP contribution in [0.25, 0.3) is 0 Å². The van der Waals surface area contributed by atoms with E-state index in [0.717, 1.165) is 32.7 Å². The van der Waals surface area contributed by atoms with E-state index >= 15 is 0 Å². The van der Waals surface area contributed by atoms with Crippen molar-refractivity contribution in [2.45, 2.75) is 96.6 Å². The summed E-state index contributed by atoms with van der Waals surface area (Å²) in [6.07, 6.45) is 2.44. The Kier molecular flexibility index (Phi) is 8.25. The standard InChI is InChI=1S/C24H50N6/c1-19(2)28-11-8-26-21(17-28)14-24(6,7)30-13-10-27-22(18-30)15-23(4,5)29-12-9-25-20(3)16-29/h19-22,25-27H,8-18H2,1-7H3/t20?,21-,22+/m1/s1. The molecule has 6 heteroatoms. The first kappa shape index (κ1) is 24.4. The summed E-state index contributed by atoms with van der Waals surface area (Å²) >= 11 is 0. The highest BCUT2D eigenvalue weighted by Gasteiger charge is 2.38. The molecule has 3 fully saturated rings. The van der Waals surface area contributed by atoms with Crippen molar-refractivity contribution in [3.63, 3.8) is 0 Å². The third-order valence-electron chi connectivity index (χ3n) is 7.85. The second kappa shape index (κ2) is 10.1. The van der Waals surface area contributed by atoms with Gasteiger partial charge in [0.15, 0.2) is 0 Å². The molecular weight excluding hydrogens is 372 g/mol. The Balaban J connectivity index is 1.55. The van der Waals surface area contributed by atoms with Gasteiger partial charge in [-0.05, 0) is 61.3 Å². The third kappa shape index (κ3) is 6.39. The zero-order valence-corrected chi connectivity index (χ0v) is 20.9. The molecule has 3 aliphatic heterocycles. The Morgan fingerprint density at radius 1 is 0.733 bits per heavy atom. The van der Waals surface area contributed by atoms with Gasteiger partial charge in [-0.2, -0.15) is 0 Å². The number of hydrogen-bond donors (Lipinski definition) is 3. The van der Waals surface area contributed by atoms with Crippen molar-refractivity contribution >= 4 is 0 Å². The quantitative estimate of drug-likeness (QED) is 0.579. The van der Waals surface area contributed by atoms with Crippen molar-refractivity contribution in [3.05, 3.63) is 0 Å². The van der Waals surface area contributed by atoms with Gasteiger partial charge in [0.05, 0.1) is 0 Å². The molecule has 6 nitrogen and oxygen atoms in total. The number of piperazine rings is 3. The van der Waals surface area contributed by atoms with E-state index in [0.29, 0.717) is 24.2 Å². The van der Waals surface area contributed by atoms with Crippen molar-refractivity contribution in [1.82, 2.24) is 30.7 Å². The van der Waals surface area contributed by atoms with Crippen molar-refractivity contribution < 1.29 is 0 Å². The smallest absolute Gasteiger partial charge is 0.0213 e. The summed E-state index contributed by atoms with van der Waals surface area (Å²) < 4.78 is 0. The van der Waals surface area contributed by atoms with Crippen LogP contribution in [0.2, 0.25) is 0 Å². The lowest BCUT2D eigenvalue weighted by Crippen LogP contribution is -2.63. The summed E-state index contributed by atoms with van der Waals surface area (Å²) in [7, 11) is 0. The highest BCUT2D eigenvalue weighted by atomic mass is 15.3. The first-order chi connectivity index (χ1) is 14.1. The summed E-state index contributed by atoms with van der Waals surface area (Å²) in [5, 5.41) is 11.2. The molecule has 3 aliphatic rings. The molecule has 3 atom stereocenters. The van der Waals surface area contributed by atoms with Crippen LogP contribution in [-0.2, 0) is 0 Å². The molecule has 30 heavy (non-hydrogen) atoms. The van der Waals surface area contributed by atoms with Crippen LogP contribution in [-0.4, -0.2) is 109 Å². The number of rotatable bonds is 7. The van der Waals surface area contributed by atoms with E-state index in [1.807, 2.05) is 0 Å². The molecule has 3 saturated heterocycles. The SMILES string of the molecule is CC1CN(C(C)(C)C[C@H]2CN(C(C)(C)C[C@@H]3CN(C(C)C)CCN3)CCN2)CCN1. The van der Waals surface area contributed by atoms with E-state index in [1.54, 1.807) is 0 Å². The average molecular weight is 423 g/mol. The van der Waals surface area contributed by atoms with E-state index in [-0.39, 0.29) is 11.1 Å². The summed E-state index contributed by atoms with van der Waals surface area (Å²) in [6, 6.07) is 2.42. The lowest BCUT2D eigenvalue weighted by atomic mass is 9.87. The summed E-state index contributed by atoms with van der Waals surface area (Å²) in [4.78, 5) is 8.10. The van der Waals surface area contributed by atoms with Gasteiger partial charge in [-0.1, -0.05) is 0 Å². The zero-order valence-electron chi connectivity index (χ0n) is 20.9. The number of nitrogens with zero attached hydrogens (tertiary/aromatic N) is 3. The van der Waals surface area contributed by atoms with Gasteiger partial charge in [0.1, 0.15) is 0 Å². The molecule has 176 valence electrons. The molecule has 0 bridgehead atoms. The van der Waals surface area contributed by atoms with Crippen LogP contribution >= 0.6 is 0 Å². The maximum Gasteiger partial charge on any atom is 0.0213 e. The fourth-order valence-electron chi connectivity index (χ4n) is 5.92. The molecule has 0 saturated carbocycles. The van der Waals surface area contributed by atoms with E-state index in [4.69, 9.17) is 0 Å². The van der Waals surface area contributed by atoms with Crippen LogP contribution in [0.1, 0.15) is 61.3 Å². The lowest BCUT2D eigenvalue weighted by molar-refractivity contribution is 0.0281. The van der Waals surface area contributed by atoms with E-state index < -0.39 is 0 Å². The van der Waals surface area contributed by atoms with E-state index in [2.05, 4.69) is 79.1 Å². The number of nitrogens with one attached hydrogen (secondary N) is 3. The predicted molar refractivity (Wildman–Crippen MR) is 128 cm³/mol. The largest absolute Gasteiger partial charge is 0.312 e. The van der Waals surface area contributed by atoms with Gasteiger partial charge in [-0.15, -0.1) is 0 Å². The number of hydrogen-bond acceptors (Lipinski definition) is 6. The molecule has 3 heterocycles. The van der Waals surface area contributed by atoms with Gasteiger partial charge in [0.2, 0.25) is 0 Å². The Morgan fingerprint density at radius 2 is 1.23 bits per heavy atom. The Bertz CT molecular complexity index is 534. The molecule has 0 amide bonds. The van der Waals surface area contributed by atoms with Crippen molar-refractivity contribution in [2.24, 2.45) is 0 Å². The highest BCUT2D eigenvalue weighted by molar-refractivity contribution is 4.97. The molecular formula is C24H50N6. The second-order valence-electron chi connectivity index (χ2n) is 11.7. The van der Waals surface area contributed by atoms with Crippen LogP contribution < -0.4 is 16.0 Å². The van der Waals surface area contributed by atoms with E-state index in [1.165, 1.54) is 39.0 Å². The monoisotopic (exact) mass is 422 g/mol.